The minimum Gasteiger partial charge on any atom is -0.382 e. The third-order valence-corrected chi connectivity index (χ3v) is 6.18. The van der Waals surface area contributed by atoms with Gasteiger partial charge in [0, 0.05) is 24.2 Å². The molecule has 2 heterocycles. The van der Waals surface area contributed by atoms with Gasteiger partial charge < -0.3 is 21.1 Å². The van der Waals surface area contributed by atoms with Gasteiger partial charge in [-0.2, -0.15) is 0 Å². The molecular formula is C27H35N7O2. The number of carbonyl (C=O) groups is 1. The largest absolute Gasteiger partial charge is 0.382 e. The predicted octanol–water partition coefficient (Wildman–Crippen LogP) is 3.62. The van der Waals surface area contributed by atoms with E-state index in [9.17, 15) is 4.79 Å². The molecule has 0 unspecified atom stereocenters. The Balaban J connectivity index is 1.59. The number of pyridine rings is 1. The Labute approximate surface area is 212 Å². The zero-order valence-corrected chi connectivity index (χ0v) is 21.2. The van der Waals surface area contributed by atoms with Crippen LogP contribution in [0.2, 0.25) is 0 Å². The summed E-state index contributed by atoms with van der Waals surface area (Å²) in [4.78, 5) is 31.2. The number of hydrogen-bond acceptors (Lipinski definition) is 7. The molecule has 0 saturated heterocycles. The van der Waals surface area contributed by atoms with Crippen molar-refractivity contribution in [1.29, 1.82) is 0 Å². The van der Waals surface area contributed by atoms with Crippen molar-refractivity contribution in [3.05, 3.63) is 59.7 Å². The Morgan fingerprint density at radius 1 is 1.19 bits per heavy atom. The zero-order valence-electron chi connectivity index (χ0n) is 21.2. The maximum Gasteiger partial charge on any atom is 0.289 e. The summed E-state index contributed by atoms with van der Waals surface area (Å²) in [5.74, 6) is 0.866. The molecule has 1 aromatic carbocycles. The summed E-state index contributed by atoms with van der Waals surface area (Å²) in [7, 11) is 0. The standard InChI is InChI=1S/C27H35N7O2/c1-17(2)36-15-14-30-27(35)26-32-20-12-11-18(3)16-19(20)25(34-26)33-22-9-5-4-8-21(22)31-24(28)23-10-6-7-13-29-23/h6-7,10-13,16-17,21-22H,4-5,8-9,14-15H2,1-3H3,(H2,28,31)(H,30,35)(H,32,33,34)/t21-,22+/m1/s1. The number of rotatable bonds is 9. The van der Waals surface area contributed by atoms with E-state index in [4.69, 9.17) is 15.5 Å². The average Bonchev–Trinajstić information content (AvgIpc) is 2.88. The number of aryl methyl sites for hydroxylation is 1. The fourth-order valence-corrected chi connectivity index (χ4v) is 4.36. The summed E-state index contributed by atoms with van der Waals surface area (Å²) in [5, 5.41) is 7.32. The molecule has 0 spiro atoms. The highest BCUT2D eigenvalue weighted by molar-refractivity contribution is 5.97. The van der Waals surface area contributed by atoms with E-state index in [0.717, 1.165) is 36.6 Å². The number of ether oxygens (including phenoxy) is 1. The SMILES string of the molecule is Cc1ccc2nc(C(=O)NCCOC(C)C)nc(N[C@H]3CCCC[C@H]3N=C(N)c3ccccn3)c2c1. The van der Waals surface area contributed by atoms with E-state index >= 15 is 0 Å². The Morgan fingerprint density at radius 3 is 2.81 bits per heavy atom. The Kier molecular flexibility index (Phi) is 8.43. The number of nitrogens with one attached hydrogen (secondary N) is 2. The van der Waals surface area contributed by atoms with Crippen molar-refractivity contribution in [2.45, 2.75) is 64.6 Å². The van der Waals surface area contributed by atoms with Crippen LogP contribution in [0.15, 0.2) is 47.6 Å². The molecule has 0 bridgehead atoms. The molecule has 1 saturated carbocycles. The first-order valence-electron chi connectivity index (χ1n) is 12.6. The van der Waals surface area contributed by atoms with Crippen LogP contribution in [0, 0.1) is 6.92 Å². The van der Waals surface area contributed by atoms with Gasteiger partial charge in [0.25, 0.3) is 5.91 Å². The smallest absolute Gasteiger partial charge is 0.289 e. The monoisotopic (exact) mass is 489 g/mol. The van der Waals surface area contributed by atoms with E-state index in [2.05, 4.69) is 25.6 Å². The number of nitrogens with zero attached hydrogens (tertiary/aromatic N) is 4. The van der Waals surface area contributed by atoms with E-state index in [1.165, 1.54) is 0 Å². The lowest BCUT2D eigenvalue weighted by Crippen LogP contribution is -2.37. The minimum absolute atomic E-state index is 0.0231. The highest BCUT2D eigenvalue weighted by Crippen LogP contribution is 2.28. The van der Waals surface area contributed by atoms with Crippen molar-refractivity contribution >= 4 is 28.5 Å². The molecule has 0 aliphatic heterocycles. The molecule has 2 aromatic heterocycles. The predicted molar refractivity (Wildman–Crippen MR) is 142 cm³/mol. The lowest BCUT2D eigenvalue weighted by molar-refractivity contribution is 0.0743. The van der Waals surface area contributed by atoms with Gasteiger partial charge in [0.05, 0.1) is 24.3 Å². The van der Waals surface area contributed by atoms with Crippen molar-refractivity contribution < 1.29 is 9.53 Å². The maximum absolute atomic E-state index is 12.8. The van der Waals surface area contributed by atoms with Crippen LogP contribution in [0.5, 0.6) is 0 Å². The molecule has 1 aliphatic rings. The van der Waals surface area contributed by atoms with Gasteiger partial charge in [0.2, 0.25) is 5.82 Å². The van der Waals surface area contributed by atoms with Crippen molar-refractivity contribution in [2.24, 2.45) is 10.7 Å². The number of aliphatic imine (C=N–C) groups is 1. The fraction of sp³-hybridized carbons (Fsp3) is 0.444. The fourth-order valence-electron chi connectivity index (χ4n) is 4.36. The number of carbonyl (C=O) groups excluding carboxylic acids is 1. The molecule has 1 amide bonds. The van der Waals surface area contributed by atoms with Gasteiger partial charge in [-0.1, -0.05) is 30.5 Å². The summed E-state index contributed by atoms with van der Waals surface area (Å²) < 4.78 is 5.52. The van der Waals surface area contributed by atoms with Gasteiger partial charge in [0.15, 0.2) is 0 Å². The van der Waals surface area contributed by atoms with Crippen molar-refractivity contribution in [3.63, 3.8) is 0 Å². The van der Waals surface area contributed by atoms with E-state index in [1.807, 2.05) is 57.2 Å². The van der Waals surface area contributed by atoms with Gasteiger partial charge in [-0.25, -0.2) is 9.97 Å². The normalized spacial score (nSPS) is 18.4. The van der Waals surface area contributed by atoms with Crippen LogP contribution in [0.3, 0.4) is 0 Å². The first-order valence-corrected chi connectivity index (χ1v) is 12.6. The summed E-state index contributed by atoms with van der Waals surface area (Å²) in [6, 6.07) is 11.6. The van der Waals surface area contributed by atoms with Crippen LogP contribution in [0.4, 0.5) is 5.82 Å². The minimum atomic E-state index is -0.328. The van der Waals surface area contributed by atoms with E-state index < -0.39 is 0 Å². The second kappa shape index (κ2) is 11.9. The summed E-state index contributed by atoms with van der Waals surface area (Å²) in [6.45, 7) is 6.77. The molecule has 1 aliphatic carbocycles. The second-order valence-electron chi connectivity index (χ2n) is 9.42. The summed E-state index contributed by atoms with van der Waals surface area (Å²) in [5.41, 5.74) is 8.78. The van der Waals surface area contributed by atoms with Gasteiger partial charge in [0.1, 0.15) is 17.3 Å². The lowest BCUT2D eigenvalue weighted by atomic mass is 9.90. The molecule has 9 nitrogen and oxygen atoms in total. The molecule has 190 valence electrons. The topological polar surface area (TPSA) is 127 Å². The molecule has 4 N–H and O–H groups in total. The summed E-state index contributed by atoms with van der Waals surface area (Å²) in [6.07, 6.45) is 5.82. The Bertz CT molecular complexity index is 1210. The molecule has 9 heteroatoms. The summed E-state index contributed by atoms with van der Waals surface area (Å²) >= 11 is 0. The van der Waals surface area contributed by atoms with Crippen LogP contribution < -0.4 is 16.4 Å². The third kappa shape index (κ3) is 6.54. The van der Waals surface area contributed by atoms with E-state index in [-0.39, 0.29) is 29.9 Å². The first kappa shape index (κ1) is 25.5. The van der Waals surface area contributed by atoms with Crippen LogP contribution in [-0.2, 0) is 4.74 Å². The van der Waals surface area contributed by atoms with Gasteiger partial charge >= 0.3 is 0 Å². The average molecular weight is 490 g/mol. The number of aromatic nitrogens is 3. The van der Waals surface area contributed by atoms with E-state index in [0.29, 0.717) is 36.0 Å². The molecule has 0 radical (unpaired) electrons. The number of fused-ring (bicyclic) bond motifs is 1. The molecule has 3 aromatic rings. The quantitative estimate of drug-likeness (QED) is 0.238. The van der Waals surface area contributed by atoms with Gasteiger partial charge in [-0.15, -0.1) is 0 Å². The van der Waals surface area contributed by atoms with Gasteiger partial charge in [-0.3, -0.25) is 14.8 Å². The number of amides is 1. The molecular weight excluding hydrogens is 454 g/mol. The first-order chi connectivity index (χ1) is 17.4. The second-order valence-corrected chi connectivity index (χ2v) is 9.42. The van der Waals surface area contributed by atoms with Crippen LogP contribution >= 0.6 is 0 Å². The highest BCUT2D eigenvalue weighted by Gasteiger charge is 2.27. The number of benzene rings is 1. The number of hydrogen-bond donors (Lipinski definition) is 3. The molecule has 4 rings (SSSR count). The Hall–Kier alpha value is -3.59. The maximum atomic E-state index is 12.8. The van der Waals surface area contributed by atoms with Gasteiger partial charge in [-0.05, 0) is 57.9 Å². The van der Waals surface area contributed by atoms with Crippen molar-refractivity contribution in [2.75, 3.05) is 18.5 Å². The number of nitrogens with two attached hydrogens (primary N) is 1. The van der Waals surface area contributed by atoms with E-state index in [1.54, 1.807) is 6.20 Å². The third-order valence-electron chi connectivity index (χ3n) is 6.18. The molecule has 1 fully saturated rings. The van der Waals surface area contributed by atoms with Crippen molar-refractivity contribution in [1.82, 2.24) is 20.3 Å². The number of anilines is 1. The zero-order chi connectivity index (χ0) is 25.5. The molecule has 36 heavy (non-hydrogen) atoms. The lowest BCUT2D eigenvalue weighted by Gasteiger charge is -2.30. The van der Waals surface area contributed by atoms with Crippen molar-refractivity contribution in [3.8, 4) is 0 Å². The van der Waals surface area contributed by atoms with Crippen LogP contribution in [0.25, 0.3) is 10.9 Å². The Morgan fingerprint density at radius 2 is 2.03 bits per heavy atom. The number of amidine groups is 1. The van der Waals surface area contributed by atoms with Crippen LogP contribution in [0.1, 0.15) is 61.4 Å². The highest BCUT2D eigenvalue weighted by atomic mass is 16.5. The van der Waals surface area contributed by atoms with Crippen LogP contribution in [-0.4, -0.2) is 58.0 Å². The molecule has 2 atom stereocenters.